The van der Waals surface area contributed by atoms with Crippen LogP contribution in [0.2, 0.25) is 0 Å². The molecule has 0 atom stereocenters. The van der Waals surface area contributed by atoms with E-state index < -0.39 is 0 Å². The van der Waals surface area contributed by atoms with Crippen LogP contribution in [-0.2, 0) is 27.1 Å². The Morgan fingerprint density at radius 2 is 1.74 bits per heavy atom. The Balaban J connectivity index is 3.10. The van der Waals surface area contributed by atoms with Crippen molar-refractivity contribution >= 4 is 15.9 Å². The van der Waals surface area contributed by atoms with Crippen molar-refractivity contribution in [3.05, 3.63) is 34.3 Å². The summed E-state index contributed by atoms with van der Waals surface area (Å²) in [5.41, 5.74) is 2.22. The second kappa shape index (κ2) is 11.5. The van der Waals surface area contributed by atoms with E-state index in [1.165, 1.54) is 0 Å². The normalized spacial score (nSPS) is 10.6. The fourth-order valence-electron chi connectivity index (χ4n) is 2.17. The minimum absolute atomic E-state index is 0.167. The highest BCUT2D eigenvalue weighted by molar-refractivity contribution is 9.10. The zero-order valence-corrected chi connectivity index (χ0v) is 15.6. The van der Waals surface area contributed by atoms with Crippen molar-refractivity contribution in [1.29, 1.82) is 0 Å². The van der Waals surface area contributed by atoms with Crippen LogP contribution in [0.15, 0.2) is 23.2 Å². The van der Waals surface area contributed by atoms with E-state index >= 15 is 0 Å². The smallest absolute Gasteiger partial charge is 0.188 e. The number of benzene rings is 1. The van der Waals surface area contributed by atoms with Crippen LogP contribution in [0.1, 0.15) is 18.1 Å². The van der Waals surface area contributed by atoms with Crippen LogP contribution < -0.4 is 9.47 Å². The molecule has 1 rings (SSSR count). The van der Waals surface area contributed by atoms with Crippen molar-refractivity contribution in [2.24, 2.45) is 0 Å². The van der Waals surface area contributed by atoms with Crippen LogP contribution in [0.3, 0.4) is 0 Å². The maximum absolute atomic E-state index is 5.70. The van der Waals surface area contributed by atoms with Gasteiger partial charge in [-0.25, -0.2) is 0 Å². The zero-order chi connectivity index (χ0) is 17.1. The summed E-state index contributed by atoms with van der Waals surface area (Å²) < 4.78 is 27.7. The van der Waals surface area contributed by atoms with Crippen molar-refractivity contribution < 1.29 is 23.7 Å². The summed E-state index contributed by atoms with van der Waals surface area (Å²) in [4.78, 5) is 0. The molecule has 0 N–H and O–H groups in total. The molecular formula is C17H25BrO5. The maximum atomic E-state index is 5.70. The Bertz CT molecular complexity index is 490. The second-order valence-corrected chi connectivity index (χ2v) is 5.51. The molecule has 0 amide bonds. The number of halogens is 1. The third-order valence-corrected chi connectivity index (χ3v) is 4.02. The summed E-state index contributed by atoms with van der Waals surface area (Å²) in [6.45, 7) is 7.22. The fourth-order valence-corrected chi connectivity index (χ4v) is 2.83. The Kier molecular flexibility index (Phi) is 9.94. The van der Waals surface area contributed by atoms with Crippen LogP contribution in [0.5, 0.6) is 11.5 Å². The molecule has 0 aliphatic rings. The Hall–Kier alpha value is -1.08. The van der Waals surface area contributed by atoms with Crippen LogP contribution >= 0.6 is 15.9 Å². The van der Waals surface area contributed by atoms with Gasteiger partial charge in [0, 0.05) is 20.3 Å². The van der Waals surface area contributed by atoms with Crippen LogP contribution in [0.4, 0.5) is 0 Å². The van der Waals surface area contributed by atoms with Crippen molar-refractivity contribution in [2.75, 3.05) is 41.0 Å². The van der Waals surface area contributed by atoms with E-state index in [2.05, 4.69) is 29.4 Å². The molecule has 0 radical (unpaired) electrons. The maximum Gasteiger partial charge on any atom is 0.188 e. The molecule has 6 heteroatoms. The minimum Gasteiger partial charge on any atom is -0.467 e. The lowest BCUT2D eigenvalue weighted by atomic mass is 10.0. The molecule has 0 fully saturated rings. The number of ether oxygens (including phenoxy) is 5. The van der Waals surface area contributed by atoms with Gasteiger partial charge in [0.1, 0.15) is 11.5 Å². The molecule has 130 valence electrons. The highest BCUT2D eigenvalue weighted by Crippen LogP contribution is 2.38. The van der Waals surface area contributed by atoms with Crippen LogP contribution in [-0.4, -0.2) is 41.0 Å². The first-order valence-electron chi connectivity index (χ1n) is 7.45. The number of rotatable bonds is 12. The van der Waals surface area contributed by atoms with E-state index in [-0.39, 0.29) is 13.6 Å². The van der Waals surface area contributed by atoms with E-state index in [0.29, 0.717) is 19.0 Å². The van der Waals surface area contributed by atoms with E-state index in [4.69, 9.17) is 23.7 Å². The van der Waals surface area contributed by atoms with E-state index in [1.54, 1.807) is 20.3 Å². The molecular weight excluding hydrogens is 364 g/mol. The summed E-state index contributed by atoms with van der Waals surface area (Å²) in [6, 6.07) is 1.86. The summed E-state index contributed by atoms with van der Waals surface area (Å²) >= 11 is 3.63. The molecule has 23 heavy (non-hydrogen) atoms. The van der Waals surface area contributed by atoms with Gasteiger partial charge in [-0.2, -0.15) is 0 Å². The van der Waals surface area contributed by atoms with Gasteiger partial charge in [0.2, 0.25) is 0 Å². The Morgan fingerprint density at radius 1 is 1.09 bits per heavy atom. The monoisotopic (exact) mass is 388 g/mol. The largest absolute Gasteiger partial charge is 0.467 e. The van der Waals surface area contributed by atoms with Gasteiger partial charge in [0.15, 0.2) is 13.6 Å². The van der Waals surface area contributed by atoms with Gasteiger partial charge in [-0.3, -0.25) is 0 Å². The first-order chi connectivity index (χ1) is 11.2. The Morgan fingerprint density at radius 3 is 2.30 bits per heavy atom. The van der Waals surface area contributed by atoms with Crippen molar-refractivity contribution in [1.82, 2.24) is 0 Å². The van der Waals surface area contributed by atoms with Gasteiger partial charge >= 0.3 is 0 Å². The molecule has 5 nitrogen and oxygen atoms in total. The standard InChI is InChI=1S/C17H25BrO5/c1-5-8-21-9-7-14-13(6-2)15(22-11-19-3)10-16(17(14)18)23-12-20-4/h5,10H,1,6-9,11-12H2,2-4H3. The SMILES string of the molecule is C=CCOCCc1c(Br)c(OCOC)cc(OCOC)c1CC. The highest BCUT2D eigenvalue weighted by Gasteiger charge is 2.17. The van der Waals surface area contributed by atoms with Gasteiger partial charge in [-0.15, -0.1) is 6.58 Å². The van der Waals surface area contributed by atoms with E-state index in [1.807, 2.05) is 6.07 Å². The molecule has 0 spiro atoms. The van der Waals surface area contributed by atoms with Crippen molar-refractivity contribution in [3.63, 3.8) is 0 Å². The summed E-state index contributed by atoms with van der Waals surface area (Å²) in [6.07, 6.45) is 3.31. The average molecular weight is 389 g/mol. The van der Waals surface area contributed by atoms with Gasteiger partial charge < -0.3 is 23.7 Å². The van der Waals surface area contributed by atoms with Gasteiger partial charge in [0.05, 0.1) is 17.7 Å². The Labute approximate surface area is 146 Å². The number of hydrogen-bond acceptors (Lipinski definition) is 5. The predicted molar refractivity (Wildman–Crippen MR) is 93.2 cm³/mol. The molecule has 0 heterocycles. The van der Waals surface area contributed by atoms with Gasteiger partial charge in [-0.1, -0.05) is 13.0 Å². The van der Waals surface area contributed by atoms with Crippen molar-refractivity contribution in [3.8, 4) is 11.5 Å². The molecule has 1 aromatic rings. The highest BCUT2D eigenvalue weighted by atomic mass is 79.9. The molecule has 0 unspecified atom stereocenters. The van der Waals surface area contributed by atoms with Crippen LogP contribution in [0, 0.1) is 0 Å². The van der Waals surface area contributed by atoms with Crippen LogP contribution in [0.25, 0.3) is 0 Å². The first kappa shape index (κ1) is 20.0. The lowest BCUT2D eigenvalue weighted by molar-refractivity contribution is 0.0451. The third kappa shape index (κ3) is 6.14. The first-order valence-corrected chi connectivity index (χ1v) is 8.25. The van der Waals surface area contributed by atoms with Gasteiger partial charge in [0.25, 0.3) is 0 Å². The molecule has 0 bridgehead atoms. The summed E-state index contributed by atoms with van der Waals surface area (Å²) in [5.74, 6) is 1.43. The molecule has 0 saturated carbocycles. The summed E-state index contributed by atoms with van der Waals surface area (Å²) in [5, 5.41) is 0. The lowest BCUT2D eigenvalue weighted by Crippen LogP contribution is -2.09. The number of hydrogen-bond donors (Lipinski definition) is 0. The molecule has 0 saturated heterocycles. The third-order valence-electron chi connectivity index (χ3n) is 3.16. The van der Waals surface area contributed by atoms with Crippen molar-refractivity contribution in [2.45, 2.75) is 19.8 Å². The molecule has 0 aliphatic carbocycles. The molecule has 0 aromatic heterocycles. The van der Waals surface area contributed by atoms with Gasteiger partial charge in [-0.05, 0) is 39.9 Å². The topological polar surface area (TPSA) is 46.2 Å². The minimum atomic E-state index is 0.167. The summed E-state index contributed by atoms with van der Waals surface area (Å²) in [7, 11) is 3.18. The average Bonchev–Trinajstić information content (AvgIpc) is 2.57. The predicted octanol–water partition coefficient (Wildman–Crippen LogP) is 3.72. The van der Waals surface area contributed by atoms with E-state index in [9.17, 15) is 0 Å². The van der Waals surface area contributed by atoms with E-state index in [0.717, 1.165) is 34.2 Å². The zero-order valence-electron chi connectivity index (χ0n) is 14.0. The number of methoxy groups -OCH3 is 2. The second-order valence-electron chi connectivity index (χ2n) is 4.71. The quantitative estimate of drug-likeness (QED) is 0.310. The molecule has 0 aliphatic heterocycles. The molecule has 1 aromatic carbocycles. The lowest BCUT2D eigenvalue weighted by Gasteiger charge is -2.19. The fraction of sp³-hybridized carbons (Fsp3) is 0.529.